The molecular weight excluding hydrogens is 346 g/mol. The maximum atomic E-state index is 11.8. The highest BCUT2D eigenvalue weighted by Gasteiger charge is 2.06. The molecule has 0 saturated heterocycles. The van der Waals surface area contributed by atoms with Gasteiger partial charge in [-0.15, -0.1) is 12.4 Å². The first-order valence-electron chi connectivity index (χ1n) is 7.55. The van der Waals surface area contributed by atoms with Crippen molar-refractivity contribution < 1.29 is 14.3 Å². The molecule has 0 spiro atoms. The van der Waals surface area contributed by atoms with Crippen LogP contribution in [-0.4, -0.2) is 54.9 Å². The lowest BCUT2D eigenvalue weighted by atomic mass is 10.3. The summed E-state index contributed by atoms with van der Waals surface area (Å²) in [6, 6.07) is 9.09. The van der Waals surface area contributed by atoms with Gasteiger partial charge in [-0.05, 0) is 30.3 Å². The number of hydrogen-bond donors (Lipinski definition) is 3. The summed E-state index contributed by atoms with van der Waals surface area (Å²) in [4.78, 5) is 23.4. The Morgan fingerprint density at radius 2 is 1.92 bits per heavy atom. The van der Waals surface area contributed by atoms with Crippen LogP contribution in [0.15, 0.2) is 42.7 Å². The highest BCUT2D eigenvalue weighted by atomic mass is 35.5. The van der Waals surface area contributed by atoms with Gasteiger partial charge in [0.2, 0.25) is 11.8 Å². The quantitative estimate of drug-likeness (QED) is 0.563. The molecular formula is C16H22ClN5O3. The van der Waals surface area contributed by atoms with Crippen LogP contribution in [0, 0.1) is 0 Å². The molecule has 1 aromatic heterocycles. The fourth-order valence-corrected chi connectivity index (χ4v) is 1.94. The summed E-state index contributed by atoms with van der Waals surface area (Å²) in [6.45, 7) is 1.18. The molecule has 0 radical (unpaired) electrons. The number of hydrogen-bond acceptors (Lipinski definition) is 5. The zero-order valence-electron chi connectivity index (χ0n) is 13.9. The van der Waals surface area contributed by atoms with Crippen molar-refractivity contribution in [1.29, 1.82) is 0 Å². The average Bonchev–Trinajstić information content (AvgIpc) is 3.12. The summed E-state index contributed by atoms with van der Waals surface area (Å²) in [5.41, 5.74) is 1.55. The third-order valence-corrected chi connectivity index (χ3v) is 3.13. The molecule has 3 N–H and O–H groups in total. The number of benzene rings is 1. The number of methoxy groups -OCH3 is 1. The molecule has 1 aromatic carbocycles. The molecule has 0 unspecified atom stereocenters. The summed E-state index contributed by atoms with van der Waals surface area (Å²) < 4.78 is 6.58. The molecule has 0 fully saturated rings. The van der Waals surface area contributed by atoms with Crippen LogP contribution in [0.2, 0.25) is 0 Å². The van der Waals surface area contributed by atoms with Crippen LogP contribution in [-0.2, 0) is 14.3 Å². The molecule has 25 heavy (non-hydrogen) atoms. The number of aromatic nitrogens is 2. The van der Waals surface area contributed by atoms with Crippen LogP contribution in [0.25, 0.3) is 5.69 Å². The molecule has 0 atom stereocenters. The smallest absolute Gasteiger partial charge is 0.243 e. The third kappa shape index (κ3) is 7.34. The fraction of sp³-hybridized carbons (Fsp3) is 0.312. The molecule has 0 aliphatic rings. The lowest BCUT2D eigenvalue weighted by Crippen LogP contribution is -2.39. The monoisotopic (exact) mass is 367 g/mol. The topological polar surface area (TPSA) is 97.3 Å². The molecule has 0 aliphatic carbocycles. The number of rotatable bonds is 9. The van der Waals surface area contributed by atoms with Gasteiger partial charge in [0, 0.05) is 31.7 Å². The fourth-order valence-electron chi connectivity index (χ4n) is 1.94. The molecule has 2 aromatic rings. The van der Waals surface area contributed by atoms with Crippen LogP contribution in [0.4, 0.5) is 5.69 Å². The maximum absolute atomic E-state index is 11.8. The Morgan fingerprint density at radius 1 is 1.16 bits per heavy atom. The van der Waals surface area contributed by atoms with Gasteiger partial charge in [-0.25, -0.2) is 4.68 Å². The zero-order valence-corrected chi connectivity index (χ0v) is 14.7. The summed E-state index contributed by atoms with van der Waals surface area (Å²) in [7, 11) is 1.59. The van der Waals surface area contributed by atoms with E-state index in [9.17, 15) is 9.59 Å². The first kappa shape index (κ1) is 20.6. The number of amides is 2. The highest BCUT2D eigenvalue weighted by molar-refractivity contribution is 5.94. The van der Waals surface area contributed by atoms with Crippen molar-refractivity contribution in [2.24, 2.45) is 0 Å². The number of anilines is 1. The van der Waals surface area contributed by atoms with Gasteiger partial charge in [-0.1, -0.05) is 0 Å². The number of nitrogens with zero attached hydrogens (tertiary/aromatic N) is 2. The predicted molar refractivity (Wildman–Crippen MR) is 97.2 cm³/mol. The number of ether oxygens (including phenoxy) is 1. The van der Waals surface area contributed by atoms with Crippen molar-refractivity contribution in [3.63, 3.8) is 0 Å². The van der Waals surface area contributed by atoms with Crippen LogP contribution < -0.4 is 16.0 Å². The van der Waals surface area contributed by atoms with E-state index in [1.165, 1.54) is 0 Å². The van der Waals surface area contributed by atoms with Crippen LogP contribution in [0.5, 0.6) is 0 Å². The Hall–Kier alpha value is -2.42. The van der Waals surface area contributed by atoms with E-state index in [4.69, 9.17) is 4.74 Å². The number of nitrogens with one attached hydrogen (secondary N) is 3. The molecule has 2 rings (SSSR count). The van der Waals surface area contributed by atoms with Crippen molar-refractivity contribution in [1.82, 2.24) is 20.4 Å². The Kier molecular flexibility index (Phi) is 9.23. The molecule has 8 nitrogen and oxygen atoms in total. The van der Waals surface area contributed by atoms with Gasteiger partial charge in [0.15, 0.2) is 0 Å². The Labute approximate surface area is 152 Å². The van der Waals surface area contributed by atoms with Gasteiger partial charge in [0.1, 0.15) is 0 Å². The molecule has 1 heterocycles. The second-order valence-electron chi connectivity index (χ2n) is 4.99. The highest BCUT2D eigenvalue weighted by Crippen LogP contribution is 2.12. The zero-order chi connectivity index (χ0) is 17.2. The van der Waals surface area contributed by atoms with Crippen molar-refractivity contribution in [3.8, 4) is 5.69 Å². The standard InChI is InChI=1S/C16H21N5O3.ClH/c1-24-10-8-17-11-15(22)18-12-16(23)20-13-3-5-14(6-4-13)21-9-2-7-19-21;/h2-7,9,17H,8,10-12H2,1H3,(H,18,22)(H,20,23);1H. The Balaban J connectivity index is 0.00000312. The summed E-state index contributed by atoms with van der Waals surface area (Å²) in [5, 5.41) is 12.3. The molecule has 0 saturated carbocycles. The van der Waals surface area contributed by atoms with E-state index in [0.29, 0.717) is 18.8 Å². The van der Waals surface area contributed by atoms with Gasteiger partial charge in [0.05, 0.1) is 25.4 Å². The van der Waals surface area contributed by atoms with Crippen molar-refractivity contribution in [2.75, 3.05) is 38.7 Å². The van der Waals surface area contributed by atoms with E-state index in [0.717, 1.165) is 5.69 Å². The van der Waals surface area contributed by atoms with Crippen molar-refractivity contribution in [2.45, 2.75) is 0 Å². The third-order valence-electron chi connectivity index (χ3n) is 3.13. The molecule has 9 heteroatoms. The second-order valence-corrected chi connectivity index (χ2v) is 4.99. The first-order valence-corrected chi connectivity index (χ1v) is 7.55. The Morgan fingerprint density at radius 3 is 2.56 bits per heavy atom. The van der Waals surface area contributed by atoms with E-state index in [1.807, 2.05) is 24.4 Å². The van der Waals surface area contributed by atoms with E-state index >= 15 is 0 Å². The molecule has 136 valence electrons. The first-order chi connectivity index (χ1) is 11.7. The second kappa shape index (κ2) is 11.2. The minimum atomic E-state index is -0.285. The van der Waals surface area contributed by atoms with E-state index in [1.54, 1.807) is 30.1 Å². The lowest BCUT2D eigenvalue weighted by Gasteiger charge is -2.08. The normalized spacial score (nSPS) is 9.96. The minimum absolute atomic E-state index is 0. The van der Waals surface area contributed by atoms with Gasteiger partial charge in [-0.3, -0.25) is 9.59 Å². The van der Waals surface area contributed by atoms with Gasteiger partial charge in [-0.2, -0.15) is 5.10 Å². The average molecular weight is 368 g/mol. The van der Waals surface area contributed by atoms with Crippen molar-refractivity contribution in [3.05, 3.63) is 42.7 Å². The van der Waals surface area contributed by atoms with Gasteiger partial charge < -0.3 is 20.7 Å². The summed E-state index contributed by atoms with van der Waals surface area (Å²) in [6.07, 6.45) is 3.53. The van der Waals surface area contributed by atoms with Gasteiger partial charge in [0.25, 0.3) is 0 Å². The number of halogens is 1. The summed E-state index contributed by atoms with van der Waals surface area (Å²) in [5.74, 6) is -0.526. The SMILES string of the molecule is COCCNCC(=O)NCC(=O)Nc1ccc(-n2cccn2)cc1.Cl. The van der Waals surface area contributed by atoms with Crippen molar-refractivity contribution >= 4 is 29.9 Å². The maximum Gasteiger partial charge on any atom is 0.243 e. The summed E-state index contributed by atoms with van der Waals surface area (Å²) >= 11 is 0. The van der Waals surface area contributed by atoms with Crippen LogP contribution >= 0.6 is 12.4 Å². The molecule has 0 bridgehead atoms. The number of carbonyl (C=O) groups is 2. The van der Waals surface area contributed by atoms with Crippen LogP contribution in [0.1, 0.15) is 0 Å². The molecule has 0 aliphatic heterocycles. The number of carbonyl (C=O) groups excluding carboxylic acids is 2. The largest absolute Gasteiger partial charge is 0.383 e. The van der Waals surface area contributed by atoms with Crippen LogP contribution in [0.3, 0.4) is 0 Å². The van der Waals surface area contributed by atoms with E-state index in [-0.39, 0.29) is 37.3 Å². The lowest BCUT2D eigenvalue weighted by molar-refractivity contribution is -0.123. The van der Waals surface area contributed by atoms with Gasteiger partial charge >= 0.3 is 0 Å². The predicted octanol–water partition coefficient (Wildman–Crippen LogP) is 0.585. The minimum Gasteiger partial charge on any atom is -0.383 e. The Bertz CT molecular complexity index is 646. The molecule has 2 amide bonds. The van der Waals surface area contributed by atoms with E-state index in [2.05, 4.69) is 21.0 Å². The van der Waals surface area contributed by atoms with E-state index < -0.39 is 0 Å².